The van der Waals surface area contributed by atoms with Crippen LogP contribution in [0.15, 0.2) is 25.3 Å². The molecule has 0 heterocycles. The highest BCUT2D eigenvalue weighted by molar-refractivity contribution is 14.1. The Hall–Kier alpha value is 0.210. The maximum absolute atomic E-state index is 3.59. The highest BCUT2D eigenvalue weighted by Gasteiger charge is 1.90. The third-order valence-corrected chi connectivity index (χ3v) is 1.44. The summed E-state index contributed by atoms with van der Waals surface area (Å²) in [6.07, 6.45) is 4.65. The predicted molar refractivity (Wildman–Crippen MR) is 42.3 cm³/mol. The lowest BCUT2D eigenvalue weighted by molar-refractivity contribution is 1.28. The Balaban J connectivity index is 3.15. The summed E-state index contributed by atoms with van der Waals surface area (Å²) >= 11 is 2.23. The first-order valence-corrected chi connectivity index (χ1v) is 3.13. The molecule has 0 saturated carbocycles. The molecule has 0 aromatic carbocycles. The van der Waals surface area contributed by atoms with Crippen LogP contribution in [-0.4, -0.2) is 0 Å². The molecule has 0 saturated heterocycles. The Bertz CT molecular complexity index is 66.6. The second-order valence-corrected chi connectivity index (χ2v) is 2.53. The van der Waals surface area contributed by atoms with Crippen LogP contribution < -0.4 is 0 Å². The minimum atomic E-state index is 0.948. The smallest absolute Gasteiger partial charge is 0.0616 e. The van der Waals surface area contributed by atoms with Gasteiger partial charge in [-0.05, 0) is 6.42 Å². The molecule has 1 heteroatoms. The zero-order valence-electron chi connectivity index (χ0n) is 4.15. The average molecular weight is 207 g/mol. The Labute approximate surface area is 58.4 Å². The van der Waals surface area contributed by atoms with E-state index in [-0.39, 0.29) is 0 Å². The zero-order valence-corrected chi connectivity index (χ0v) is 6.31. The van der Waals surface area contributed by atoms with Crippen LogP contribution in [0.5, 0.6) is 0 Å². The van der Waals surface area contributed by atoms with Gasteiger partial charge in [0.1, 0.15) is 0 Å². The standard InChI is InChI=1S/C6H8I/c1-3-5-6(7)4-2/h3-4H,1-2,5H2. The molecule has 0 bridgehead atoms. The lowest BCUT2D eigenvalue weighted by Crippen LogP contribution is -1.72. The molecule has 0 atom stereocenters. The zero-order chi connectivity index (χ0) is 5.70. The molecule has 0 aliphatic carbocycles. The first kappa shape index (κ1) is 7.21. The van der Waals surface area contributed by atoms with E-state index in [0.717, 1.165) is 6.42 Å². The van der Waals surface area contributed by atoms with Gasteiger partial charge in [0.05, 0.1) is 3.92 Å². The number of hydrogen-bond donors (Lipinski definition) is 0. The van der Waals surface area contributed by atoms with Gasteiger partial charge in [0.2, 0.25) is 0 Å². The van der Waals surface area contributed by atoms with Crippen molar-refractivity contribution in [3.63, 3.8) is 0 Å². The largest absolute Gasteiger partial charge is 0.103 e. The van der Waals surface area contributed by atoms with Gasteiger partial charge in [-0.25, -0.2) is 0 Å². The summed E-state index contributed by atoms with van der Waals surface area (Å²) in [6, 6.07) is 0. The van der Waals surface area contributed by atoms with Gasteiger partial charge in [-0.3, -0.25) is 0 Å². The summed E-state index contributed by atoms with van der Waals surface area (Å²) in [5.74, 6) is 0. The van der Waals surface area contributed by atoms with Crippen LogP contribution in [0.2, 0.25) is 0 Å². The molecule has 7 heavy (non-hydrogen) atoms. The summed E-state index contributed by atoms with van der Waals surface area (Å²) in [5, 5.41) is 0. The van der Waals surface area contributed by atoms with E-state index < -0.39 is 0 Å². The van der Waals surface area contributed by atoms with Crippen molar-refractivity contribution in [3.05, 3.63) is 29.2 Å². The van der Waals surface area contributed by atoms with Gasteiger partial charge in [0, 0.05) is 0 Å². The van der Waals surface area contributed by atoms with Crippen molar-refractivity contribution in [1.82, 2.24) is 0 Å². The molecule has 0 amide bonds. The molecule has 0 nitrogen and oxygen atoms in total. The van der Waals surface area contributed by atoms with Crippen molar-refractivity contribution < 1.29 is 0 Å². The van der Waals surface area contributed by atoms with E-state index in [1.165, 1.54) is 3.92 Å². The molecule has 0 N–H and O–H groups in total. The van der Waals surface area contributed by atoms with Crippen LogP contribution in [0.3, 0.4) is 0 Å². The summed E-state index contributed by atoms with van der Waals surface area (Å²) < 4.78 is 1.24. The van der Waals surface area contributed by atoms with Crippen LogP contribution in [0.1, 0.15) is 6.42 Å². The Morgan fingerprint density at radius 2 is 2.14 bits per heavy atom. The van der Waals surface area contributed by atoms with Gasteiger partial charge in [-0.15, -0.1) is 13.2 Å². The minimum absolute atomic E-state index is 0.948. The van der Waals surface area contributed by atoms with Gasteiger partial charge in [-0.2, -0.15) is 0 Å². The fourth-order valence-corrected chi connectivity index (χ4v) is 0.533. The highest BCUT2D eigenvalue weighted by atomic mass is 127. The van der Waals surface area contributed by atoms with Gasteiger partial charge in [0.25, 0.3) is 0 Å². The van der Waals surface area contributed by atoms with Crippen molar-refractivity contribution in [3.8, 4) is 0 Å². The summed E-state index contributed by atoms with van der Waals surface area (Å²) in [4.78, 5) is 0. The summed E-state index contributed by atoms with van der Waals surface area (Å²) in [5.41, 5.74) is 0. The van der Waals surface area contributed by atoms with Gasteiger partial charge in [-0.1, -0.05) is 34.7 Å². The van der Waals surface area contributed by atoms with E-state index in [4.69, 9.17) is 0 Å². The van der Waals surface area contributed by atoms with E-state index >= 15 is 0 Å². The molecule has 0 spiro atoms. The number of rotatable bonds is 3. The normalized spacial score (nSPS) is 8.86. The van der Waals surface area contributed by atoms with E-state index in [9.17, 15) is 0 Å². The summed E-state index contributed by atoms with van der Waals surface area (Å²) in [6.45, 7) is 7.16. The van der Waals surface area contributed by atoms with Crippen LogP contribution in [0.4, 0.5) is 0 Å². The Morgan fingerprint density at radius 3 is 2.29 bits per heavy atom. The molecule has 0 unspecified atom stereocenters. The minimum Gasteiger partial charge on any atom is -0.103 e. The van der Waals surface area contributed by atoms with Gasteiger partial charge >= 0.3 is 0 Å². The van der Waals surface area contributed by atoms with E-state index in [2.05, 4.69) is 35.7 Å². The molecule has 0 aromatic rings. The third kappa shape index (κ3) is 4.05. The number of hydrogen-bond acceptors (Lipinski definition) is 0. The second kappa shape index (κ2) is 4.37. The van der Waals surface area contributed by atoms with Crippen LogP contribution >= 0.6 is 22.6 Å². The SMILES string of the molecule is C=CC[C](I)C=C. The molecule has 0 aromatic heterocycles. The molecular formula is C6H8I. The molecular weight excluding hydrogens is 199 g/mol. The lowest BCUT2D eigenvalue weighted by Gasteiger charge is -1.91. The predicted octanol–water partition coefficient (Wildman–Crippen LogP) is 2.72. The fraction of sp³-hybridized carbons (Fsp3) is 0.167. The van der Waals surface area contributed by atoms with Crippen molar-refractivity contribution >= 4 is 22.6 Å². The van der Waals surface area contributed by atoms with E-state index in [1.807, 2.05) is 12.2 Å². The van der Waals surface area contributed by atoms with Gasteiger partial charge < -0.3 is 0 Å². The van der Waals surface area contributed by atoms with E-state index in [0.29, 0.717) is 0 Å². The topological polar surface area (TPSA) is 0 Å². The second-order valence-electron chi connectivity index (χ2n) is 1.14. The van der Waals surface area contributed by atoms with Crippen molar-refractivity contribution in [2.45, 2.75) is 6.42 Å². The first-order valence-electron chi connectivity index (χ1n) is 2.06. The molecule has 1 radical (unpaired) electrons. The average Bonchev–Trinajstić information content (AvgIpc) is 1.68. The monoisotopic (exact) mass is 207 g/mol. The molecule has 0 rings (SSSR count). The first-order chi connectivity index (χ1) is 3.31. The van der Waals surface area contributed by atoms with Crippen LogP contribution in [-0.2, 0) is 0 Å². The van der Waals surface area contributed by atoms with Crippen LogP contribution in [0.25, 0.3) is 0 Å². The number of halogens is 1. The van der Waals surface area contributed by atoms with E-state index in [1.54, 1.807) is 0 Å². The fourth-order valence-electron chi connectivity index (χ4n) is 0.221. The lowest BCUT2D eigenvalue weighted by atomic mass is 10.3. The van der Waals surface area contributed by atoms with Gasteiger partial charge in [0.15, 0.2) is 0 Å². The highest BCUT2D eigenvalue weighted by Crippen LogP contribution is 2.15. The Kier molecular flexibility index (Phi) is 4.50. The molecule has 0 fully saturated rings. The molecule has 0 aliphatic heterocycles. The van der Waals surface area contributed by atoms with Crippen molar-refractivity contribution in [1.29, 1.82) is 0 Å². The quantitative estimate of drug-likeness (QED) is 0.493. The Morgan fingerprint density at radius 1 is 1.57 bits per heavy atom. The molecule has 39 valence electrons. The maximum Gasteiger partial charge on any atom is 0.0616 e. The molecule has 0 aliphatic rings. The van der Waals surface area contributed by atoms with Crippen molar-refractivity contribution in [2.75, 3.05) is 0 Å². The maximum atomic E-state index is 3.59. The van der Waals surface area contributed by atoms with Crippen molar-refractivity contribution in [2.24, 2.45) is 0 Å². The summed E-state index contributed by atoms with van der Waals surface area (Å²) in [7, 11) is 0. The number of allylic oxidation sites excluding steroid dienone is 2. The third-order valence-electron chi connectivity index (χ3n) is 0.561. The van der Waals surface area contributed by atoms with Crippen LogP contribution in [0, 0.1) is 3.92 Å².